The van der Waals surface area contributed by atoms with Gasteiger partial charge in [0.25, 0.3) is 0 Å². The van der Waals surface area contributed by atoms with Gasteiger partial charge >= 0.3 is 0 Å². The second-order valence-electron chi connectivity index (χ2n) is 6.46. The minimum atomic E-state index is -3.77. The number of halogens is 1. The molecule has 0 saturated carbocycles. The van der Waals surface area contributed by atoms with Crippen molar-refractivity contribution in [2.45, 2.75) is 23.5 Å². The van der Waals surface area contributed by atoms with E-state index in [2.05, 4.69) is 20.7 Å². The van der Waals surface area contributed by atoms with E-state index in [1.165, 1.54) is 29.6 Å². The van der Waals surface area contributed by atoms with Crippen LogP contribution in [0, 0.1) is 0 Å². The third-order valence-corrected chi connectivity index (χ3v) is 8.08. The number of nitrogens with one attached hydrogen (secondary N) is 1. The number of benzene rings is 2. The molecule has 1 aliphatic heterocycles. The Bertz CT molecular complexity index is 1050. The fourth-order valence-corrected chi connectivity index (χ4v) is 6.01. The highest BCUT2D eigenvalue weighted by Crippen LogP contribution is 2.31. The second kappa shape index (κ2) is 8.40. The number of hydrogen-bond acceptors (Lipinski definition) is 5. The smallest absolute Gasteiger partial charge is 0.243 e. The van der Waals surface area contributed by atoms with E-state index in [1.54, 1.807) is 24.3 Å². The van der Waals surface area contributed by atoms with Crippen molar-refractivity contribution < 1.29 is 21.6 Å². The standard InChI is InChI=1S/C18H21BrN2O5S2/c1-26-18-9-8-16(28(24,25)21-10-2-3-11-21)12-17(18)20-27(22,23)13-14-4-6-15(19)7-5-14/h4-9,12,20H,2-3,10-11,13H2,1H3. The average molecular weight is 489 g/mol. The van der Waals surface area contributed by atoms with Gasteiger partial charge in [-0.25, -0.2) is 16.8 Å². The minimum absolute atomic E-state index is 0.0385. The Morgan fingerprint density at radius 3 is 2.29 bits per heavy atom. The summed E-state index contributed by atoms with van der Waals surface area (Å²) in [5.74, 6) is 0.00626. The lowest BCUT2D eigenvalue weighted by Gasteiger charge is -2.18. The van der Waals surface area contributed by atoms with Crippen LogP contribution < -0.4 is 9.46 Å². The average Bonchev–Trinajstić information content (AvgIpc) is 3.18. The Labute approximate surface area is 173 Å². The van der Waals surface area contributed by atoms with Gasteiger partial charge in [-0.3, -0.25) is 4.72 Å². The Kier molecular flexibility index (Phi) is 6.33. The molecule has 1 fully saturated rings. The van der Waals surface area contributed by atoms with Crippen molar-refractivity contribution in [3.8, 4) is 5.75 Å². The van der Waals surface area contributed by atoms with Crippen molar-refractivity contribution in [2.24, 2.45) is 0 Å². The number of sulfonamides is 2. The quantitative estimate of drug-likeness (QED) is 0.645. The van der Waals surface area contributed by atoms with Gasteiger partial charge in [-0.1, -0.05) is 28.1 Å². The zero-order chi connectivity index (χ0) is 20.4. The number of nitrogens with zero attached hydrogens (tertiary/aromatic N) is 1. The lowest BCUT2D eigenvalue weighted by molar-refractivity contribution is 0.416. The molecule has 152 valence electrons. The molecule has 0 amide bonds. The second-order valence-corrected chi connectivity index (χ2v) is 11.0. The first-order valence-electron chi connectivity index (χ1n) is 8.64. The van der Waals surface area contributed by atoms with Gasteiger partial charge in [-0.2, -0.15) is 4.31 Å². The largest absolute Gasteiger partial charge is 0.495 e. The van der Waals surface area contributed by atoms with Crippen LogP contribution in [0.3, 0.4) is 0 Å². The highest BCUT2D eigenvalue weighted by Gasteiger charge is 2.28. The van der Waals surface area contributed by atoms with Crippen LogP contribution in [0.1, 0.15) is 18.4 Å². The van der Waals surface area contributed by atoms with Crippen molar-refractivity contribution in [2.75, 3.05) is 24.9 Å². The van der Waals surface area contributed by atoms with Crippen LogP contribution in [-0.2, 0) is 25.8 Å². The third-order valence-electron chi connectivity index (χ3n) is 4.41. The molecule has 0 unspecified atom stereocenters. The SMILES string of the molecule is COc1ccc(S(=O)(=O)N2CCCC2)cc1NS(=O)(=O)Cc1ccc(Br)cc1. The first-order valence-corrected chi connectivity index (χ1v) is 12.5. The molecule has 2 aromatic rings. The summed E-state index contributed by atoms with van der Waals surface area (Å²) in [4.78, 5) is 0.0385. The van der Waals surface area contributed by atoms with Gasteiger partial charge in [0.2, 0.25) is 20.0 Å². The van der Waals surface area contributed by atoms with E-state index in [0.29, 0.717) is 18.7 Å². The lowest BCUT2D eigenvalue weighted by atomic mass is 10.2. The molecule has 2 aromatic carbocycles. The van der Waals surface area contributed by atoms with Crippen molar-refractivity contribution in [1.29, 1.82) is 0 Å². The molecule has 1 heterocycles. The molecule has 10 heteroatoms. The first-order chi connectivity index (χ1) is 13.2. The third kappa shape index (κ3) is 4.86. The molecule has 1 N–H and O–H groups in total. The van der Waals surface area contributed by atoms with E-state index in [-0.39, 0.29) is 22.1 Å². The summed E-state index contributed by atoms with van der Waals surface area (Å²) >= 11 is 3.31. The van der Waals surface area contributed by atoms with Gasteiger partial charge in [0, 0.05) is 17.6 Å². The Hall–Kier alpha value is -1.62. The van der Waals surface area contributed by atoms with Crippen molar-refractivity contribution in [3.63, 3.8) is 0 Å². The summed E-state index contributed by atoms with van der Waals surface area (Å²) in [6.45, 7) is 0.942. The zero-order valence-corrected chi connectivity index (χ0v) is 18.5. The van der Waals surface area contributed by atoms with Crippen LogP contribution in [0.15, 0.2) is 51.8 Å². The van der Waals surface area contributed by atoms with Gasteiger partial charge in [-0.15, -0.1) is 0 Å². The maximum atomic E-state index is 12.8. The minimum Gasteiger partial charge on any atom is -0.495 e. The molecule has 0 bridgehead atoms. The van der Waals surface area contributed by atoms with Crippen molar-refractivity contribution in [1.82, 2.24) is 4.31 Å². The zero-order valence-electron chi connectivity index (χ0n) is 15.3. The van der Waals surface area contributed by atoms with E-state index in [4.69, 9.17) is 4.74 Å². The fourth-order valence-electron chi connectivity index (χ4n) is 3.01. The Balaban J connectivity index is 1.88. The predicted octanol–water partition coefficient (Wildman–Crippen LogP) is 3.18. The molecule has 0 atom stereocenters. The highest BCUT2D eigenvalue weighted by molar-refractivity contribution is 9.10. The summed E-state index contributed by atoms with van der Waals surface area (Å²) < 4.78 is 60.7. The molecular formula is C18H21BrN2O5S2. The number of methoxy groups -OCH3 is 1. The van der Waals surface area contributed by atoms with Gasteiger partial charge in [0.05, 0.1) is 23.4 Å². The molecule has 1 saturated heterocycles. The van der Waals surface area contributed by atoms with Crippen molar-refractivity contribution >= 4 is 41.7 Å². The normalized spacial score (nSPS) is 15.5. The van der Waals surface area contributed by atoms with Crippen LogP contribution >= 0.6 is 15.9 Å². The molecule has 7 nitrogen and oxygen atoms in total. The molecule has 0 aliphatic carbocycles. The predicted molar refractivity (Wildman–Crippen MR) is 111 cm³/mol. The van der Waals surface area contributed by atoms with Gasteiger partial charge in [-0.05, 0) is 48.7 Å². The summed E-state index contributed by atoms with van der Waals surface area (Å²) in [6, 6.07) is 11.1. The fraction of sp³-hybridized carbons (Fsp3) is 0.333. The topological polar surface area (TPSA) is 92.8 Å². The van der Waals surface area contributed by atoms with Crippen LogP contribution in [0.2, 0.25) is 0 Å². The van der Waals surface area contributed by atoms with E-state index >= 15 is 0 Å². The van der Waals surface area contributed by atoms with E-state index < -0.39 is 20.0 Å². The highest BCUT2D eigenvalue weighted by atomic mass is 79.9. The molecule has 0 aromatic heterocycles. The first kappa shape index (κ1) is 21.1. The molecule has 0 spiro atoms. The van der Waals surface area contributed by atoms with Crippen LogP contribution in [0.5, 0.6) is 5.75 Å². The van der Waals surface area contributed by atoms with E-state index in [0.717, 1.165) is 17.3 Å². The van der Waals surface area contributed by atoms with Gasteiger partial charge < -0.3 is 4.74 Å². The molecule has 3 rings (SSSR count). The number of anilines is 1. The van der Waals surface area contributed by atoms with Gasteiger partial charge in [0.15, 0.2) is 0 Å². The van der Waals surface area contributed by atoms with Crippen molar-refractivity contribution in [3.05, 3.63) is 52.5 Å². The monoisotopic (exact) mass is 488 g/mol. The number of ether oxygens (including phenoxy) is 1. The van der Waals surface area contributed by atoms with E-state index in [9.17, 15) is 16.8 Å². The summed E-state index contributed by atoms with van der Waals surface area (Å²) in [7, 11) is -6.04. The number of hydrogen-bond donors (Lipinski definition) is 1. The maximum absolute atomic E-state index is 12.8. The Morgan fingerprint density at radius 2 is 1.68 bits per heavy atom. The summed E-state index contributed by atoms with van der Waals surface area (Å²) in [5, 5.41) is 0. The molecule has 28 heavy (non-hydrogen) atoms. The molecular weight excluding hydrogens is 468 g/mol. The molecule has 0 radical (unpaired) electrons. The van der Waals surface area contributed by atoms with Crippen LogP contribution in [-0.4, -0.2) is 41.3 Å². The maximum Gasteiger partial charge on any atom is 0.243 e. The van der Waals surface area contributed by atoms with Crippen LogP contribution in [0.4, 0.5) is 5.69 Å². The van der Waals surface area contributed by atoms with E-state index in [1.807, 2.05) is 0 Å². The lowest BCUT2D eigenvalue weighted by Crippen LogP contribution is -2.28. The van der Waals surface area contributed by atoms with Crippen LogP contribution in [0.25, 0.3) is 0 Å². The summed E-state index contributed by atoms with van der Waals surface area (Å²) in [5.41, 5.74) is 0.704. The molecule has 1 aliphatic rings. The Morgan fingerprint density at radius 1 is 1.04 bits per heavy atom. The number of rotatable bonds is 7. The van der Waals surface area contributed by atoms with Gasteiger partial charge in [0.1, 0.15) is 5.75 Å². The summed E-state index contributed by atoms with van der Waals surface area (Å²) in [6.07, 6.45) is 1.64.